The normalized spacial score (nSPS) is 10.5. The first-order chi connectivity index (χ1) is 8.24. The molecule has 2 aromatic carbocycles. The summed E-state index contributed by atoms with van der Waals surface area (Å²) in [7, 11) is 0. The second-order valence-corrected chi connectivity index (χ2v) is 4.58. The highest BCUT2D eigenvalue weighted by atomic mass is 35.5. The van der Waals surface area contributed by atoms with Gasteiger partial charge in [0.2, 0.25) is 0 Å². The summed E-state index contributed by atoms with van der Waals surface area (Å²) >= 11 is 12.5. The molecule has 0 saturated carbocycles. The number of hydrogen-bond acceptors (Lipinski definition) is 1. The van der Waals surface area contributed by atoms with Gasteiger partial charge in [0.05, 0.1) is 5.02 Å². The van der Waals surface area contributed by atoms with Gasteiger partial charge in [-0.3, -0.25) is 0 Å². The standard InChI is InChI=1S/C14H13Cl2N/c15-13-7-6-11(10-4-2-1-3-5-10)14(16)12(13)8-9-17/h1-7H,8-9,17H2. The van der Waals surface area contributed by atoms with Gasteiger partial charge in [0.15, 0.2) is 0 Å². The average Bonchev–Trinajstić information content (AvgIpc) is 2.36. The molecule has 0 unspecified atom stereocenters. The van der Waals surface area contributed by atoms with E-state index in [-0.39, 0.29) is 0 Å². The summed E-state index contributed by atoms with van der Waals surface area (Å²) in [6.07, 6.45) is 0.693. The minimum absolute atomic E-state index is 0.539. The zero-order chi connectivity index (χ0) is 12.3. The Kier molecular flexibility index (Phi) is 4.06. The number of nitrogens with two attached hydrogens (primary N) is 1. The van der Waals surface area contributed by atoms with Crippen molar-refractivity contribution in [3.63, 3.8) is 0 Å². The van der Waals surface area contributed by atoms with Crippen LogP contribution in [-0.2, 0) is 6.42 Å². The first kappa shape index (κ1) is 12.4. The van der Waals surface area contributed by atoms with E-state index < -0.39 is 0 Å². The van der Waals surface area contributed by atoms with E-state index in [0.29, 0.717) is 23.0 Å². The monoisotopic (exact) mass is 265 g/mol. The summed E-state index contributed by atoms with van der Waals surface area (Å²) in [6.45, 7) is 0.539. The maximum Gasteiger partial charge on any atom is 0.0531 e. The van der Waals surface area contributed by atoms with Crippen molar-refractivity contribution in [2.45, 2.75) is 6.42 Å². The number of halogens is 2. The molecule has 1 nitrogen and oxygen atoms in total. The van der Waals surface area contributed by atoms with Crippen LogP contribution in [0.3, 0.4) is 0 Å². The van der Waals surface area contributed by atoms with Gasteiger partial charge in [-0.25, -0.2) is 0 Å². The molecule has 2 N–H and O–H groups in total. The van der Waals surface area contributed by atoms with E-state index in [4.69, 9.17) is 28.9 Å². The third-order valence-electron chi connectivity index (χ3n) is 2.67. The van der Waals surface area contributed by atoms with Gasteiger partial charge in [-0.1, -0.05) is 59.6 Å². The van der Waals surface area contributed by atoms with E-state index >= 15 is 0 Å². The van der Waals surface area contributed by atoms with E-state index in [1.807, 2.05) is 42.5 Å². The predicted octanol–water partition coefficient (Wildman–Crippen LogP) is 4.16. The molecule has 2 aromatic rings. The maximum atomic E-state index is 6.39. The smallest absolute Gasteiger partial charge is 0.0531 e. The molecule has 0 atom stereocenters. The molecule has 0 amide bonds. The van der Waals surface area contributed by atoms with Crippen LogP contribution in [0.15, 0.2) is 42.5 Å². The minimum Gasteiger partial charge on any atom is -0.330 e. The molecule has 2 rings (SSSR count). The Labute approximate surface area is 111 Å². The molecular weight excluding hydrogens is 253 g/mol. The molecule has 0 saturated heterocycles. The SMILES string of the molecule is NCCc1c(Cl)ccc(-c2ccccc2)c1Cl. The van der Waals surface area contributed by atoms with Gasteiger partial charge in [0.1, 0.15) is 0 Å². The molecule has 0 aliphatic rings. The topological polar surface area (TPSA) is 26.0 Å². The average molecular weight is 266 g/mol. The molecular formula is C14H13Cl2N. The molecule has 0 aliphatic heterocycles. The lowest BCUT2D eigenvalue weighted by Gasteiger charge is -2.11. The maximum absolute atomic E-state index is 6.39. The Morgan fingerprint density at radius 3 is 2.29 bits per heavy atom. The highest BCUT2D eigenvalue weighted by molar-refractivity contribution is 6.37. The number of benzene rings is 2. The van der Waals surface area contributed by atoms with E-state index in [0.717, 1.165) is 16.7 Å². The zero-order valence-corrected chi connectivity index (χ0v) is 10.8. The fourth-order valence-electron chi connectivity index (χ4n) is 1.81. The molecule has 0 radical (unpaired) electrons. The summed E-state index contributed by atoms with van der Waals surface area (Å²) in [5.74, 6) is 0. The van der Waals surface area contributed by atoms with Crippen molar-refractivity contribution in [1.29, 1.82) is 0 Å². The molecule has 0 heterocycles. The fourth-order valence-corrected chi connectivity index (χ4v) is 2.48. The second kappa shape index (κ2) is 5.54. The highest BCUT2D eigenvalue weighted by Gasteiger charge is 2.11. The number of hydrogen-bond donors (Lipinski definition) is 1. The van der Waals surface area contributed by atoms with Crippen molar-refractivity contribution in [2.75, 3.05) is 6.54 Å². The molecule has 17 heavy (non-hydrogen) atoms. The lowest BCUT2D eigenvalue weighted by molar-refractivity contribution is 0.969. The van der Waals surface area contributed by atoms with Crippen LogP contribution in [0.2, 0.25) is 10.0 Å². The van der Waals surface area contributed by atoms with Gasteiger partial charge >= 0.3 is 0 Å². The summed E-state index contributed by atoms with van der Waals surface area (Å²) in [5, 5.41) is 1.38. The van der Waals surface area contributed by atoms with Crippen LogP contribution in [0.4, 0.5) is 0 Å². The Bertz CT molecular complexity index is 509. The van der Waals surface area contributed by atoms with Gasteiger partial charge in [0, 0.05) is 10.6 Å². The summed E-state index contributed by atoms with van der Waals surface area (Å²) in [5.41, 5.74) is 8.59. The molecule has 88 valence electrons. The van der Waals surface area contributed by atoms with Gasteiger partial charge < -0.3 is 5.73 Å². The van der Waals surface area contributed by atoms with E-state index in [1.165, 1.54) is 0 Å². The first-order valence-corrected chi connectivity index (χ1v) is 6.22. The summed E-state index contributed by atoms with van der Waals surface area (Å²) < 4.78 is 0. The second-order valence-electron chi connectivity index (χ2n) is 3.79. The van der Waals surface area contributed by atoms with Gasteiger partial charge in [-0.2, -0.15) is 0 Å². The Morgan fingerprint density at radius 1 is 0.941 bits per heavy atom. The fraction of sp³-hybridized carbons (Fsp3) is 0.143. The Balaban J connectivity index is 2.53. The van der Waals surface area contributed by atoms with Crippen LogP contribution < -0.4 is 5.73 Å². The van der Waals surface area contributed by atoms with Crippen LogP contribution >= 0.6 is 23.2 Å². The summed E-state index contributed by atoms with van der Waals surface area (Å²) in [4.78, 5) is 0. The highest BCUT2D eigenvalue weighted by Crippen LogP contribution is 2.34. The Morgan fingerprint density at radius 2 is 1.65 bits per heavy atom. The third-order valence-corrected chi connectivity index (χ3v) is 3.45. The van der Waals surface area contributed by atoms with Crippen molar-refractivity contribution in [2.24, 2.45) is 5.73 Å². The van der Waals surface area contributed by atoms with Crippen molar-refractivity contribution in [3.8, 4) is 11.1 Å². The molecule has 0 aromatic heterocycles. The lowest BCUT2D eigenvalue weighted by Crippen LogP contribution is -2.04. The van der Waals surface area contributed by atoms with Gasteiger partial charge in [0.25, 0.3) is 0 Å². The lowest BCUT2D eigenvalue weighted by atomic mass is 10.0. The van der Waals surface area contributed by atoms with Gasteiger partial charge in [-0.15, -0.1) is 0 Å². The molecule has 0 bridgehead atoms. The third kappa shape index (κ3) is 2.63. The van der Waals surface area contributed by atoms with E-state index in [9.17, 15) is 0 Å². The van der Waals surface area contributed by atoms with Crippen LogP contribution in [0.25, 0.3) is 11.1 Å². The largest absolute Gasteiger partial charge is 0.330 e. The van der Waals surface area contributed by atoms with Crippen LogP contribution in [0.1, 0.15) is 5.56 Å². The molecule has 0 spiro atoms. The molecule has 0 aliphatic carbocycles. The van der Waals surface area contributed by atoms with Crippen LogP contribution in [-0.4, -0.2) is 6.54 Å². The van der Waals surface area contributed by atoms with Crippen LogP contribution in [0, 0.1) is 0 Å². The van der Waals surface area contributed by atoms with Crippen molar-refractivity contribution in [1.82, 2.24) is 0 Å². The van der Waals surface area contributed by atoms with Crippen LogP contribution in [0.5, 0.6) is 0 Å². The zero-order valence-electron chi connectivity index (χ0n) is 9.29. The Hall–Kier alpha value is -1.02. The van der Waals surface area contributed by atoms with Crippen molar-refractivity contribution < 1.29 is 0 Å². The first-order valence-electron chi connectivity index (χ1n) is 5.46. The minimum atomic E-state index is 0.539. The van der Waals surface area contributed by atoms with Gasteiger partial charge in [-0.05, 0) is 30.2 Å². The van der Waals surface area contributed by atoms with E-state index in [1.54, 1.807) is 0 Å². The van der Waals surface area contributed by atoms with E-state index in [2.05, 4.69) is 0 Å². The summed E-state index contributed by atoms with van der Waals surface area (Å²) in [6, 6.07) is 13.8. The predicted molar refractivity (Wildman–Crippen MR) is 74.7 cm³/mol. The number of rotatable bonds is 3. The molecule has 0 fully saturated rings. The quantitative estimate of drug-likeness (QED) is 0.886. The van der Waals surface area contributed by atoms with Crippen molar-refractivity contribution >= 4 is 23.2 Å². The molecule has 3 heteroatoms. The van der Waals surface area contributed by atoms with Crippen molar-refractivity contribution in [3.05, 3.63) is 58.1 Å².